The highest BCUT2D eigenvalue weighted by atomic mass is 16.5. The molecule has 1 saturated heterocycles. The molecule has 0 unspecified atom stereocenters. The number of aryl methyl sites for hydroxylation is 2. The molecule has 0 atom stereocenters. The summed E-state index contributed by atoms with van der Waals surface area (Å²) in [5, 5.41) is 2.99. The number of likely N-dealkylation sites (tertiary alicyclic amines) is 1. The van der Waals surface area contributed by atoms with E-state index in [0.29, 0.717) is 37.4 Å². The molecule has 1 aliphatic heterocycles. The van der Waals surface area contributed by atoms with Crippen molar-refractivity contribution < 1.29 is 14.3 Å². The first-order chi connectivity index (χ1) is 13.0. The number of nitrogens with one attached hydrogen (secondary N) is 1. The standard InChI is InChI=1S/C22H26N2O3/c1-15-8-9-20(27-3)19(14-15)23-21(25)17-10-12-24(13-11-17)22(26)18-7-5-4-6-16(18)2/h4-9,14,17H,10-13H2,1-3H3,(H,23,25). The van der Waals surface area contributed by atoms with Crippen molar-refractivity contribution in [3.63, 3.8) is 0 Å². The molecule has 0 bridgehead atoms. The lowest BCUT2D eigenvalue weighted by molar-refractivity contribution is -0.121. The molecule has 0 radical (unpaired) electrons. The minimum Gasteiger partial charge on any atom is -0.495 e. The summed E-state index contributed by atoms with van der Waals surface area (Å²) in [5.74, 6) is 0.589. The molecule has 142 valence electrons. The topological polar surface area (TPSA) is 58.6 Å². The fourth-order valence-electron chi connectivity index (χ4n) is 3.48. The van der Waals surface area contributed by atoms with Crippen LogP contribution in [0.4, 0.5) is 5.69 Å². The first-order valence-corrected chi connectivity index (χ1v) is 9.30. The summed E-state index contributed by atoms with van der Waals surface area (Å²) < 4.78 is 5.33. The van der Waals surface area contributed by atoms with E-state index in [1.807, 2.05) is 61.2 Å². The van der Waals surface area contributed by atoms with Gasteiger partial charge in [-0.3, -0.25) is 9.59 Å². The summed E-state index contributed by atoms with van der Waals surface area (Å²) in [4.78, 5) is 27.2. The second-order valence-electron chi connectivity index (χ2n) is 7.07. The number of carbonyl (C=O) groups excluding carboxylic acids is 2. The van der Waals surface area contributed by atoms with E-state index in [-0.39, 0.29) is 17.7 Å². The van der Waals surface area contributed by atoms with Gasteiger partial charge in [-0.25, -0.2) is 0 Å². The molecular weight excluding hydrogens is 340 g/mol. The number of hydrogen-bond acceptors (Lipinski definition) is 3. The zero-order valence-corrected chi connectivity index (χ0v) is 16.1. The van der Waals surface area contributed by atoms with Crippen LogP contribution >= 0.6 is 0 Å². The lowest BCUT2D eigenvalue weighted by atomic mass is 9.95. The van der Waals surface area contributed by atoms with Crippen LogP contribution in [0.2, 0.25) is 0 Å². The monoisotopic (exact) mass is 366 g/mol. The second-order valence-corrected chi connectivity index (χ2v) is 7.07. The van der Waals surface area contributed by atoms with Gasteiger partial charge in [-0.1, -0.05) is 24.3 Å². The number of benzene rings is 2. The van der Waals surface area contributed by atoms with Crippen molar-refractivity contribution in [3.8, 4) is 5.75 Å². The van der Waals surface area contributed by atoms with E-state index in [4.69, 9.17) is 4.74 Å². The van der Waals surface area contributed by atoms with E-state index >= 15 is 0 Å². The SMILES string of the molecule is COc1ccc(C)cc1NC(=O)C1CCN(C(=O)c2ccccc2C)CC1. The van der Waals surface area contributed by atoms with Crippen LogP contribution in [0.15, 0.2) is 42.5 Å². The Morgan fingerprint density at radius 2 is 1.78 bits per heavy atom. The van der Waals surface area contributed by atoms with Crippen LogP contribution in [-0.2, 0) is 4.79 Å². The Hall–Kier alpha value is -2.82. The van der Waals surface area contributed by atoms with Gasteiger partial charge in [0.05, 0.1) is 12.8 Å². The highest BCUT2D eigenvalue weighted by Crippen LogP contribution is 2.27. The van der Waals surface area contributed by atoms with E-state index in [1.54, 1.807) is 7.11 Å². The molecule has 5 heteroatoms. The first kappa shape index (κ1) is 19.0. The molecule has 1 heterocycles. The zero-order valence-electron chi connectivity index (χ0n) is 16.1. The van der Waals surface area contributed by atoms with Gasteiger partial charge in [-0.15, -0.1) is 0 Å². The van der Waals surface area contributed by atoms with Crippen molar-refractivity contribution in [1.82, 2.24) is 4.90 Å². The number of rotatable bonds is 4. The van der Waals surface area contributed by atoms with Gasteiger partial charge in [0.15, 0.2) is 0 Å². The Balaban J connectivity index is 1.61. The van der Waals surface area contributed by atoms with Gasteiger partial charge in [0.1, 0.15) is 5.75 Å². The number of carbonyl (C=O) groups is 2. The summed E-state index contributed by atoms with van der Waals surface area (Å²) in [6.45, 7) is 5.11. The summed E-state index contributed by atoms with van der Waals surface area (Å²) in [7, 11) is 1.59. The largest absolute Gasteiger partial charge is 0.495 e. The summed E-state index contributed by atoms with van der Waals surface area (Å²) in [6.07, 6.45) is 1.33. The van der Waals surface area contributed by atoms with Crippen molar-refractivity contribution in [2.24, 2.45) is 5.92 Å². The van der Waals surface area contributed by atoms with E-state index in [9.17, 15) is 9.59 Å². The van der Waals surface area contributed by atoms with Crippen molar-refractivity contribution in [1.29, 1.82) is 0 Å². The summed E-state index contributed by atoms with van der Waals surface area (Å²) >= 11 is 0. The Labute approximate surface area is 160 Å². The third-order valence-corrected chi connectivity index (χ3v) is 5.14. The zero-order chi connectivity index (χ0) is 19.4. The molecule has 1 fully saturated rings. The fourth-order valence-corrected chi connectivity index (χ4v) is 3.48. The highest BCUT2D eigenvalue weighted by Gasteiger charge is 2.28. The highest BCUT2D eigenvalue weighted by molar-refractivity contribution is 5.96. The lowest BCUT2D eigenvalue weighted by Crippen LogP contribution is -2.41. The van der Waals surface area contributed by atoms with E-state index in [1.165, 1.54) is 0 Å². The molecule has 1 N–H and O–H groups in total. The molecule has 1 aliphatic rings. The van der Waals surface area contributed by atoms with Crippen LogP contribution in [0.3, 0.4) is 0 Å². The molecule has 0 aliphatic carbocycles. The molecule has 0 spiro atoms. The second kappa shape index (κ2) is 8.25. The molecule has 2 amide bonds. The Bertz CT molecular complexity index is 839. The Kier molecular flexibility index (Phi) is 5.79. The van der Waals surface area contributed by atoms with Gasteiger partial charge in [-0.2, -0.15) is 0 Å². The third-order valence-electron chi connectivity index (χ3n) is 5.14. The van der Waals surface area contributed by atoms with Crippen LogP contribution in [0.25, 0.3) is 0 Å². The predicted octanol–water partition coefficient (Wildman–Crippen LogP) is 3.80. The molecule has 27 heavy (non-hydrogen) atoms. The van der Waals surface area contributed by atoms with Gasteiger partial charge in [-0.05, 0) is 56.0 Å². The van der Waals surface area contributed by atoms with Crippen LogP contribution in [-0.4, -0.2) is 36.9 Å². The quantitative estimate of drug-likeness (QED) is 0.895. The molecule has 2 aromatic rings. The van der Waals surface area contributed by atoms with Gasteiger partial charge in [0.2, 0.25) is 5.91 Å². The average Bonchev–Trinajstić information content (AvgIpc) is 2.68. The summed E-state index contributed by atoms with van der Waals surface area (Å²) in [5.41, 5.74) is 3.48. The third kappa shape index (κ3) is 4.30. The van der Waals surface area contributed by atoms with Gasteiger partial charge >= 0.3 is 0 Å². The minimum absolute atomic E-state index is 0.0121. The summed E-state index contributed by atoms with van der Waals surface area (Å²) in [6, 6.07) is 13.3. The molecular formula is C22H26N2O3. The van der Waals surface area contributed by atoms with Crippen LogP contribution in [0, 0.1) is 19.8 Å². The number of anilines is 1. The Morgan fingerprint density at radius 3 is 2.44 bits per heavy atom. The number of methoxy groups -OCH3 is 1. The van der Waals surface area contributed by atoms with Gasteiger partial charge < -0.3 is 15.0 Å². The van der Waals surface area contributed by atoms with Crippen molar-refractivity contribution in [2.45, 2.75) is 26.7 Å². The maximum atomic E-state index is 12.7. The fraction of sp³-hybridized carbons (Fsp3) is 0.364. The minimum atomic E-state index is -0.101. The Morgan fingerprint density at radius 1 is 1.07 bits per heavy atom. The number of hydrogen-bond donors (Lipinski definition) is 1. The van der Waals surface area contributed by atoms with E-state index in [2.05, 4.69) is 5.32 Å². The number of ether oxygens (including phenoxy) is 1. The number of nitrogens with zero attached hydrogens (tertiary/aromatic N) is 1. The molecule has 0 saturated carbocycles. The van der Waals surface area contributed by atoms with Gasteiger partial charge in [0, 0.05) is 24.6 Å². The molecule has 0 aromatic heterocycles. The molecule has 5 nitrogen and oxygen atoms in total. The molecule has 2 aromatic carbocycles. The average molecular weight is 366 g/mol. The smallest absolute Gasteiger partial charge is 0.254 e. The maximum absolute atomic E-state index is 12.7. The van der Waals surface area contributed by atoms with Crippen molar-refractivity contribution >= 4 is 17.5 Å². The van der Waals surface area contributed by atoms with E-state index in [0.717, 1.165) is 16.7 Å². The predicted molar refractivity (Wildman–Crippen MR) is 106 cm³/mol. The number of piperidine rings is 1. The lowest BCUT2D eigenvalue weighted by Gasteiger charge is -2.31. The van der Waals surface area contributed by atoms with Crippen molar-refractivity contribution in [3.05, 3.63) is 59.2 Å². The normalized spacial score (nSPS) is 14.7. The van der Waals surface area contributed by atoms with Crippen LogP contribution in [0.1, 0.15) is 34.3 Å². The van der Waals surface area contributed by atoms with Crippen molar-refractivity contribution in [2.75, 3.05) is 25.5 Å². The van der Waals surface area contributed by atoms with E-state index < -0.39 is 0 Å². The van der Waals surface area contributed by atoms with Crippen LogP contribution in [0.5, 0.6) is 5.75 Å². The van der Waals surface area contributed by atoms with Crippen LogP contribution < -0.4 is 10.1 Å². The van der Waals surface area contributed by atoms with Gasteiger partial charge in [0.25, 0.3) is 5.91 Å². The first-order valence-electron chi connectivity index (χ1n) is 9.30. The number of amides is 2. The maximum Gasteiger partial charge on any atom is 0.254 e. The molecule has 3 rings (SSSR count).